The smallest absolute Gasteiger partial charge is 0.335 e. The highest BCUT2D eigenvalue weighted by Crippen LogP contribution is 2.32. The quantitative estimate of drug-likeness (QED) is 0.600. The van der Waals surface area contributed by atoms with Crippen LogP contribution in [0.25, 0.3) is 6.08 Å². The highest BCUT2D eigenvalue weighted by atomic mass is 32.2. The summed E-state index contributed by atoms with van der Waals surface area (Å²) in [7, 11) is 0. The summed E-state index contributed by atoms with van der Waals surface area (Å²) in [5, 5.41) is 11.5. The minimum absolute atomic E-state index is 0.114. The number of furan rings is 1. The summed E-state index contributed by atoms with van der Waals surface area (Å²) in [4.78, 5) is 37.0. The van der Waals surface area contributed by atoms with Gasteiger partial charge in [0.15, 0.2) is 0 Å². The SMILES string of the molecule is O=C(CN1C(=O)/C(=C/c2ccco2)SC1=S)Nc1ccc(C(=O)O)cc1. The number of rotatable bonds is 5. The first-order valence-corrected chi connectivity index (χ1v) is 8.58. The van der Waals surface area contributed by atoms with Crippen molar-refractivity contribution in [3.8, 4) is 0 Å². The van der Waals surface area contributed by atoms with Gasteiger partial charge >= 0.3 is 5.97 Å². The second kappa shape index (κ2) is 7.54. The van der Waals surface area contributed by atoms with Crippen LogP contribution in [0.2, 0.25) is 0 Å². The van der Waals surface area contributed by atoms with E-state index in [1.807, 2.05) is 0 Å². The summed E-state index contributed by atoms with van der Waals surface area (Å²) in [5.41, 5.74) is 0.541. The van der Waals surface area contributed by atoms with E-state index in [1.54, 1.807) is 18.2 Å². The van der Waals surface area contributed by atoms with E-state index in [2.05, 4.69) is 5.32 Å². The van der Waals surface area contributed by atoms with Gasteiger partial charge in [-0.25, -0.2) is 4.79 Å². The molecule has 0 atom stereocenters. The average Bonchev–Trinajstić information content (AvgIpc) is 3.20. The Bertz CT molecular complexity index is 904. The lowest BCUT2D eigenvalue weighted by atomic mass is 10.2. The lowest BCUT2D eigenvalue weighted by Crippen LogP contribution is -2.36. The van der Waals surface area contributed by atoms with Crippen molar-refractivity contribution in [1.82, 2.24) is 4.90 Å². The normalized spacial score (nSPS) is 15.5. The van der Waals surface area contributed by atoms with E-state index < -0.39 is 11.9 Å². The molecule has 2 amide bonds. The standard InChI is InChI=1S/C17H12N2O5S2/c20-14(18-11-5-3-10(4-6-11)16(22)23)9-19-15(21)13(26-17(19)25)8-12-2-1-7-24-12/h1-8H,9H2,(H,18,20)(H,22,23)/b13-8-. The molecule has 2 N–H and O–H groups in total. The van der Waals surface area contributed by atoms with E-state index >= 15 is 0 Å². The van der Waals surface area contributed by atoms with Gasteiger partial charge in [0.2, 0.25) is 5.91 Å². The zero-order valence-electron chi connectivity index (χ0n) is 13.2. The molecule has 0 radical (unpaired) electrons. The molecule has 1 aliphatic rings. The number of amides is 2. The van der Waals surface area contributed by atoms with Crippen molar-refractivity contribution in [3.63, 3.8) is 0 Å². The molecule has 132 valence electrons. The maximum absolute atomic E-state index is 12.4. The van der Waals surface area contributed by atoms with Gasteiger partial charge in [-0.2, -0.15) is 0 Å². The molecule has 0 unspecified atom stereocenters. The highest BCUT2D eigenvalue weighted by molar-refractivity contribution is 8.26. The second-order valence-electron chi connectivity index (χ2n) is 5.21. The number of hydrogen-bond acceptors (Lipinski definition) is 6. The molecule has 0 spiro atoms. The lowest BCUT2D eigenvalue weighted by Gasteiger charge is -2.14. The molecule has 7 nitrogen and oxygen atoms in total. The second-order valence-corrected chi connectivity index (χ2v) is 6.89. The molecule has 26 heavy (non-hydrogen) atoms. The van der Waals surface area contributed by atoms with Gasteiger partial charge in [-0.15, -0.1) is 0 Å². The Labute approximate surface area is 157 Å². The third-order valence-electron chi connectivity index (χ3n) is 3.41. The predicted molar refractivity (Wildman–Crippen MR) is 101 cm³/mol. The third-order valence-corrected chi connectivity index (χ3v) is 4.79. The number of nitrogens with one attached hydrogen (secondary N) is 1. The summed E-state index contributed by atoms with van der Waals surface area (Å²) in [6, 6.07) is 9.12. The fourth-order valence-electron chi connectivity index (χ4n) is 2.18. The molecule has 2 aromatic rings. The van der Waals surface area contributed by atoms with Crippen LogP contribution in [0.4, 0.5) is 5.69 Å². The van der Waals surface area contributed by atoms with Crippen molar-refractivity contribution in [2.24, 2.45) is 0 Å². The number of aromatic carboxylic acids is 1. The van der Waals surface area contributed by atoms with Crippen LogP contribution in [-0.4, -0.2) is 38.7 Å². The van der Waals surface area contributed by atoms with Gasteiger partial charge in [0.05, 0.1) is 16.7 Å². The number of thiocarbonyl (C=S) groups is 1. The number of carbonyl (C=O) groups excluding carboxylic acids is 2. The Morgan fingerprint density at radius 1 is 1.27 bits per heavy atom. The number of hydrogen-bond donors (Lipinski definition) is 2. The Morgan fingerprint density at radius 2 is 2.00 bits per heavy atom. The lowest BCUT2D eigenvalue weighted by molar-refractivity contribution is -0.126. The molecular formula is C17H12N2O5S2. The zero-order chi connectivity index (χ0) is 18.7. The third kappa shape index (κ3) is 4.01. The number of nitrogens with zero attached hydrogens (tertiary/aromatic N) is 1. The largest absolute Gasteiger partial charge is 0.478 e. The number of carbonyl (C=O) groups is 3. The van der Waals surface area contributed by atoms with E-state index in [4.69, 9.17) is 21.7 Å². The van der Waals surface area contributed by atoms with E-state index in [9.17, 15) is 14.4 Å². The van der Waals surface area contributed by atoms with E-state index in [0.29, 0.717) is 16.4 Å². The van der Waals surface area contributed by atoms with Crippen LogP contribution in [0, 0.1) is 0 Å². The molecule has 9 heteroatoms. The van der Waals surface area contributed by atoms with Crippen LogP contribution >= 0.6 is 24.0 Å². The maximum Gasteiger partial charge on any atom is 0.335 e. The van der Waals surface area contributed by atoms with Crippen LogP contribution in [0.1, 0.15) is 16.1 Å². The number of carboxylic acid groups (broad SMARTS) is 1. The minimum Gasteiger partial charge on any atom is -0.478 e. The first-order chi connectivity index (χ1) is 12.4. The van der Waals surface area contributed by atoms with Crippen LogP contribution in [0.5, 0.6) is 0 Å². The summed E-state index contributed by atoms with van der Waals surface area (Å²) in [5.74, 6) is -1.34. The molecule has 0 aliphatic carbocycles. The number of benzene rings is 1. The number of thioether (sulfide) groups is 1. The summed E-state index contributed by atoms with van der Waals surface area (Å²) in [6.45, 7) is -0.235. The Kier molecular flexibility index (Phi) is 5.19. The predicted octanol–water partition coefficient (Wildman–Crippen LogP) is 2.82. The fraction of sp³-hybridized carbons (Fsp3) is 0.0588. The molecule has 1 fully saturated rings. The monoisotopic (exact) mass is 388 g/mol. The minimum atomic E-state index is -1.05. The van der Waals surface area contributed by atoms with E-state index in [-0.39, 0.29) is 22.3 Å². The molecule has 1 saturated heterocycles. The molecule has 3 rings (SSSR count). The van der Waals surface area contributed by atoms with Crippen molar-refractivity contribution in [1.29, 1.82) is 0 Å². The molecule has 1 aliphatic heterocycles. The van der Waals surface area contributed by atoms with Crippen molar-refractivity contribution >= 4 is 57.8 Å². The van der Waals surface area contributed by atoms with E-state index in [1.165, 1.54) is 35.4 Å². The van der Waals surface area contributed by atoms with Gasteiger partial charge in [0, 0.05) is 11.8 Å². The molecule has 0 saturated carbocycles. The highest BCUT2D eigenvalue weighted by Gasteiger charge is 2.33. The van der Waals surface area contributed by atoms with Gasteiger partial charge in [-0.1, -0.05) is 24.0 Å². The zero-order valence-corrected chi connectivity index (χ0v) is 14.8. The summed E-state index contributed by atoms with van der Waals surface area (Å²) >= 11 is 6.27. The van der Waals surface area contributed by atoms with Crippen LogP contribution in [-0.2, 0) is 9.59 Å². The Morgan fingerprint density at radius 3 is 2.62 bits per heavy atom. The molecular weight excluding hydrogens is 376 g/mol. The average molecular weight is 388 g/mol. The Balaban J connectivity index is 1.64. The van der Waals surface area contributed by atoms with Crippen LogP contribution < -0.4 is 5.32 Å². The topological polar surface area (TPSA) is 99.9 Å². The van der Waals surface area contributed by atoms with Gasteiger partial charge < -0.3 is 14.8 Å². The van der Waals surface area contributed by atoms with Crippen molar-refractivity contribution in [2.75, 3.05) is 11.9 Å². The van der Waals surface area contributed by atoms with Gasteiger partial charge in [0.1, 0.15) is 16.6 Å². The maximum atomic E-state index is 12.4. The van der Waals surface area contributed by atoms with Gasteiger partial charge in [-0.3, -0.25) is 14.5 Å². The molecule has 0 bridgehead atoms. The molecule has 1 aromatic carbocycles. The number of carboxylic acids is 1. The first kappa shape index (κ1) is 17.9. The van der Waals surface area contributed by atoms with Crippen LogP contribution in [0.3, 0.4) is 0 Å². The molecule has 2 heterocycles. The van der Waals surface area contributed by atoms with Crippen LogP contribution in [0.15, 0.2) is 52.0 Å². The van der Waals surface area contributed by atoms with Gasteiger partial charge in [-0.05, 0) is 36.4 Å². The van der Waals surface area contributed by atoms with Crippen molar-refractivity contribution in [3.05, 3.63) is 58.9 Å². The summed E-state index contributed by atoms with van der Waals surface area (Å²) in [6.07, 6.45) is 3.07. The summed E-state index contributed by atoms with van der Waals surface area (Å²) < 4.78 is 5.46. The van der Waals surface area contributed by atoms with Crippen molar-refractivity contribution < 1.29 is 23.9 Å². The van der Waals surface area contributed by atoms with Crippen molar-refractivity contribution in [2.45, 2.75) is 0 Å². The first-order valence-electron chi connectivity index (χ1n) is 7.36. The van der Waals surface area contributed by atoms with Gasteiger partial charge in [0.25, 0.3) is 5.91 Å². The molecule has 1 aromatic heterocycles. The Hall–Kier alpha value is -2.91. The fourth-order valence-corrected chi connectivity index (χ4v) is 3.41. The van der Waals surface area contributed by atoms with E-state index in [0.717, 1.165) is 11.8 Å². The number of anilines is 1.